The van der Waals surface area contributed by atoms with Crippen LogP contribution < -0.4 is 4.90 Å². The molecule has 4 rings (SSSR count). The molecule has 0 unspecified atom stereocenters. The molecule has 2 aromatic carbocycles. The van der Waals surface area contributed by atoms with Crippen LogP contribution in [0.15, 0.2) is 36.4 Å². The lowest BCUT2D eigenvalue weighted by Crippen LogP contribution is -2.35. The monoisotopic (exact) mass is 380 g/mol. The lowest BCUT2D eigenvalue weighted by Gasteiger charge is -2.30. The first kappa shape index (κ1) is 17.5. The molecule has 5 nitrogen and oxygen atoms in total. The summed E-state index contributed by atoms with van der Waals surface area (Å²) in [6.45, 7) is 4.62. The summed E-state index contributed by atoms with van der Waals surface area (Å²) in [5.41, 5.74) is 4.34. The zero-order chi connectivity index (χ0) is 19.1. The van der Waals surface area contributed by atoms with E-state index < -0.39 is 0 Å². The van der Waals surface area contributed by atoms with Gasteiger partial charge >= 0.3 is 0 Å². The van der Waals surface area contributed by atoms with Gasteiger partial charge < -0.3 is 15.1 Å². The Hall–Kier alpha value is -2.86. The van der Waals surface area contributed by atoms with Crippen molar-refractivity contribution in [1.29, 1.82) is 0 Å². The first-order chi connectivity index (χ1) is 12.9. The molecule has 0 saturated carbocycles. The number of hydrogen-bond donors (Lipinski definition) is 2. The van der Waals surface area contributed by atoms with E-state index in [9.17, 15) is 15.0 Å². The largest absolute Gasteiger partial charge is 0.508 e. The Morgan fingerprint density at radius 3 is 2.67 bits per heavy atom. The van der Waals surface area contributed by atoms with E-state index in [2.05, 4.69) is 11.1 Å². The second-order valence-corrected chi connectivity index (χ2v) is 7.96. The molecule has 0 saturated heterocycles. The van der Waals surface area contributed by atoms with Crippen LogP contribution in [0.2, 0.25) is 0 Å². The smallest absolute Gasteiger partial charge is 0.262 e. The molecule has 138 valence electrons. The molecule has 1 aliphatic heterocycles. The van der Waals surface area contributed by atoms with Gasteiger partial charge in [-0.05, 0) is 62.1 Å². The summed E-state index contributed by atoms with van der Waals surface area (Å²) in [6.07, 6.45) is 1.77. The number of nitrogens with zero attached hydrogens (tertiary/aromatic N) is 2. The van der Waals surface area contributed by atoms with Crippen molar-refractivity contribution in [2.75, 3.05) is 11.4 Å². The molecule has 1 aromatic heterocycles. The van der Waals surface area contributed by atoms with Gasteiger partial charge in [0.1, 0.15) is 11.5 Å². The number of anilines is 1. The number of phenolic OH excluding ortho intramolecular Hbond substituents is 2. The highest BCUT2D eigenvalue weighted by molar-refractivity contribution is 7.15. The van der Waals surface area contributed by atoms with Gasteiger partial charge in [-0.2, -0.15) is 0 Å². The highest BCUT2D eigenvalue weighted by Gasteiger charge is 2.26. The minimum atomic E-state index is -0.258. The van der Waals surface area contributed by atoms with Crippen LogP contribution in [0.5, 0.6) is 11.5 Å². The third kappa shape index (κ3) is 3.17. The van der Waals surface area contributed by atoms with Gasteiger partial charge in [0.15, 0.2) is 0 Å². The molecule has 0 spiro atoms. The molecule has 27 heavy (non-hydrogen) atoms. The summed E-state index contributed by atoms with van der Waals surface area (Å²) in [7, 11) is 0. The molecule has 1 aliphatic rings. The zero-order valence-corrected chi connectivity index (χ0v) is 16.0. The van der Waals surface area contributed by atoms with Crippen LogP contribution in [0.1, 0.15) is 33.0 Å². The van der Waals surface area contributed by atoms with Crippen LogP contribution in [0.4, 0.5) is 5.69 Å². The van der Waals surface area contributed by atoms with Gasteiger partial charge in [0.05, 0.1) is 21.1 Å². The van der Waals surface area contributed by atoms with Crippen molar-refractivity contribution in [2.24, 2.45) is 0 Å². The van der Waals surface area contributed by atoms with Gasteiger partial charge in [0.2, 0.25) is 0 Å². The van der Waals surface area contributed by atoms with Crippen molar-refractivity contribution >= 4 is 22.9 Å². The molecule has 0 atom stereocenters. The van der Waals surface area contributed by atoms with Gasteiger partial charge in [0, 0.05) is 18.3 Å². The summed E-state index contributed by atoms with van der Waals surface area (Å²) in [5, 5.41) is 20.6. The standard InChI is InChI=1S/C21H20N2O3S/c1-12-20(27-13(2)22-12)15-5-8-18-14(10-15)4-3-9-23(18)21(26)17-7-6-16(24)11-19(17)25/h5-8,10-11,24-25H,3-4,9H2,1-2H3. The molecular weight excluding hydrogens is 360 g/mol. The average Bonchev–Trinajstić information content (AvgIpc) is 2.98. The number of hydrogen-bond acceptors (Lipinski definition) is 5. The summed E-state index contributed by atoms with van der Waals surface area (Å²) in [5.74, 6) is -0.534. The van der Waals surface area contributed by atoms with Crippen LogP contribution in [0.3, 0.4) is 0 Å². The fraction of sp³-hybridized carbons (Fsp3) is 0.238. The Balaban J connectivity index is 1.71. The number of carbonyl (C=O) groups excluding carboxylic acids is 1. The minimum Gasteiger partial charge on any atom is -0.508 e. The predicted molar refractivity (Wildman–Crippen MR) is 107 cm³/mol. The number of aryl methyl sites for hydroxylation is 3. The van der Waals surface area contributed by atoms with Crippen molar-refractivity contribution in [2.45, 2.75) is 26.7 Å². The summed E-state index contributed by atoms with van der Waals surface area (Å²) in [6, 6.07) is 10.2. The molecule has 0 bridgehead atoms. The van der Waals surface area contributed by atoms with Crippen molar-refractivity contribution < 1.29 is 15.0 Å². The number of phenols is 2. The topological polar surface area (TPSA) is 73.7 Å². The average molecular weight is 380 g/mol. The quantitative estimate of drug-likeness (QED) is 0.690. The highest BCUT2D eigenvalue weighted by Crippen LogP contribution is 2.36. The number of carbonyl (C=O) groups is 1. The molecule has 2 heterocycles. The minimum absolute atomic E-state index is 0.0667. The molecule has 0 aliphatic carbocycles. The van der Waals surface area contributed by atoms with Gasteiger partial charge in [0.25, 0.3) is 5.91 Å². The number of amides is 1. The lowest BCUT2D eigenvalue weighted by molar-refractivity contribution is 0.0982. The third-order valence-corrected chi connectivity index (χ3v) is 5.94. The Labute approximate surface area is 161 Å². The number of thiazole rings is 1. The van der Waals surface area contributed by atoms with Crippen molar-refractivity contribution in [1.82, 2.24) is 4.98 Å². The molecule has 0 radical (unpaired) electrons. The normalized spacial score (nSPS) is 13.5. The van der Waals surface area contributed by atoms with Gasteiger partial charge in [-0.25, -0.2) is 4.98 Å². The Kier molecular flexibility index (Phi) is 4.36. The molecule has 2 N–H and O–H groups in total. The van der Waals surface area contributed by atoms with Crippen LogP contribution >= 0.6 is 11.3 Å². The molecule has 6 heteroatoms. The number of aromatic nitrogens is 1. The van der Waals surface area contributed by atoms with E-state index in [1.165, 1.54) is 18.2 Å². The highest BCUT2D eigenvalue weighted by atomic mass is 32.1. The Bertz CT molecular complexity index is 1040. The van der Waals surface area contributed by atoms with E-state index in [0.29, 0.717) is 6.54 Å². The van der Waals surface area contributed by atoms with Crippen LogP contribution in [-0.2, 0) is 6.42 Å². The fourth-order valence-corrected chi connectivity index (χ4v) is 4.51. The number of rotatable bonds is 2. The fourth-order valence-electron chi connectivity index (χ4n) is 3.59. The van der Waals surface area contributed by atoms with Crippen molar-refractivity contribution in [3.8, 4) is 21.9 Å². The number of aromatic hydroxyl groups is 2. The molecule has 0 fully saturated rings. The first-order valence-corrected chi connectivity index (χ1v) is 9.67. The Morgan fingerprint density at radius 1 is 1.15 bits per heavy atom. The van der Waals surface area contributed by atoms with Gasteiger partial charge in [-0.1, -0.05) is 6.07 Å². The van der Waals surface area contributed by atoms with Crippen LogP contribution in [-0.4, -0.2) is 27.6 Å². The van der Waals surface area contributed by atoms with E-state index in [1.807, 2.05) is 26.0 Å². The van der Waals surface area contributed by atoms with E-state index in [1.54, 1.807) is 16.2 Å². The third-order valence-electron chi connectivity index (χ3n) is 4.82. The number of benzene rings is 2. The molecule has 1 amide bonds. The first-order valence-electron chi connectivity index (χ1n) is 8.85. The second-order valence-electron chi connectivity index (χ2n) is 6.75. The van der Waals surface area contributed by atoms with E-state index >= 15 is 0 Å². The number of fused-ring (bicyclic) bond motifs is 1. The van der Waals surface area contributed by atoms with Gasteiger partial charge in [-0.15, -0.1) is 11.3 Å². The molecule has 3 aromatic rings. The maximum absolute atomic E-state index is 13.0. The second kappa shape index (κ2) is 6.70. The lowest BCUT2D eigenvalue weighted by atomic mass is 9.97. The van der Waals surface area contributed by atoms with Crippen molar-refractivity contribution in [3.05, 3.63) is 58.2 Å². The van der Waals surface area contributed by atoms with Gasteiger partial charge in [-0.3, -0.25) is 4.79 Å². The van der Waals surface area contributed by atoms with Crippen LogP contribution in [0, 0.1) is 13.8 Å². The van der Waals surface area contributed by atoms with E-state index in [0.717, 1.165) is 45.2 Å². The summed E-state index contributed by atoms with van der Waals surface area (Å²) < 4.78 is 0. The van der Waals surface area contributed by atoms with Crippen LogP contribution in [0.25, 0.3) is 10.4 Å². The van der Waals surface area contributed by atoms with E-state index in [-0.39, 0.29) is 23.0 Å². The SMILES string of the molecule is Cc1nc(C)c(-c2ccc3c(c2)CCCN3C(=O)c2ccc(O)cc2O)s1. The van der Waals surface area contributed by atoms with E-state index in [4.69, 9.17) is 0 Å². The van der Waals surface area contributed by atoms with Crippen molar-refractivity contribution in [3.63, 3.8) is 0 Å². The summed E-state index contributed by atoms with van der Waals surface area (Å²) in [4.78, 5) is 20.4. The Morgan fingerprint density at radius 2 is 1.96 bits per heavy atom. The predicted octanol–water partition coefficient (Wildman–Crippen LogP) is 4.43. The maximum atomic E-state index is 13.0. The zero-order valence-electron chi connectivity index (χ0n) is 15.2. The molecular formula is C21H20N2O3S. The maximum Gasteiger partial charge on any atom is 0.262 e. The summed E-state index contributed by atoms with van der Waals surface area (Å²) >= 11 is 1.68.